The van der Waals surface area contributed by atoms with Gasteiger partial charge < -0.3 is 10.6 Å². The van der Waals surface area contributed by atoms with Gasteiger partial charge in [-0.15, -0.1) is 11.3 Å². The van der Waals surface area contributed by atoms with Crippen molar-refractivity contribution in [3.63, 3.8) is 0 Å². The van der Waals surface area contributed by atoms with Gasteiger partial charge in [-0.2, -0.15) is 0 Å². The van der Waals surface area contributed by atoms with Crippen molar-refractivity contribution < 1.29 is 0 Å². The minimum atomic E-state index is 0.760. The fourth-order valence-electron chi connectivity index (χ4n) is 1.55. The van der Waals surface area contributed by atoms with Gasteiger partial charge in [0.1, 0.15) is 10.8 Å². The molecule has 0 spiro atoms. The predicted octanol–water partition coefficient (Wildman–Crippen LogP) is 3.28. The van der Waals surface area contributed by atoms with Crippen LogP contribution in [-0.4, -0.2) is 16.5 Å². The Morgan fingerprint density at radius 1 is 1.28 bits per heavy atom. The van der Waals surface area contributed by atoms with Gasteiger partial charge in [-0.1, -0.05) is 6.92 Å². The Kier molecular flexibility index (Phi) is 4.52. The topological polar surface area (TPSA) is 49.8 Å². The fourth-order valence-corrected chi connectivity index (χ4v) is 2.28. The first-order chi connectivity index (χ1) is 8.78. The van der Waals surface area contributed by atoms with E-state index in [4.69, 9.17) is 0 Å². The van der Waals surface area contributed by atoms with Crippen molar-refractivity contribution in [1.29, 1.82) is 0 Å². The summed E-state index contributed by atoms with van der Waals surface area (Å²) in [6.45, 7) is 5.91. The van der Waals surface area contributed by atoms with Crippen molar-refractivity contribution in [3.8, 4) is 0 Å². The number of pyridine rings is 1. The van der Waals surface area contributed by atoms with Crippen LogP contribution < -0.4 is 10.6 Å². The summed E-state index contributed by atoms with van der Waals surface area (Å²) in [5, 5.41) is 7.74. The largest absolute Gasteiger partial charge is 0.378 e. The standard InChI is InChI=1S/C13H18N4S/c1-3-5-14-12-7-11(4-6-15-12)16-9-13-17-8-10(2)18-13/h4,6-8H,3,5,9H2,1-2H3,(H2,14,15,16). The molecule has 2 heterocycles. The molecule has 0 unspecified atom stereocenters. The molecular formula is C13H18N4S. The number of nitrogens with one attached hydrogen (secondary N) is 2. The quantitative estimate of drug-likeness (QED) is 0.839. The highest BCUT2D eigenvalue weighted by Crippen LogP contribution is 2.15. The number of rotatable bonds is 6. The van der Waals surface area contributed by atoms with Crippen LogP contribution >= 0.6 is 11.3 Å². The van der Waals surface area contributed by atoms with Crippen molar-refractivity contribution in [2.75, 3.05) is 17.2 Å². The second-order valence-electron chi connectivity index (χ2n) is 4.07. The zero-order valence-corrected chi connectivity index (χ0v) is 11.5. The van der Waals surface area contributed by atoms with Crippen molar-refractivity contribution in [2.45, 2.75) is 26.8 Å². The SMILES string of the molecule is CCCNc1cc(NCc2ncc(C)s2)ccn1. The molecule has 2 aromatic heterocycles. The highest BCUT2D eigenvalue weighted by molar-refractivity contribution is 7.11. The predicted molar refractivity (Wildman–Crippen MR) is 77.2 cm³/mol. The van der Waals surface area contributed by atoms with Gasteiger partial charge in [-0.25, -0.2) is 9.97 Å². The summed E-state index contributed by atoms with van der Waals surface area (Å²) < 4.78 is 0. The van der Waals surface area contributed by atoms with Crippen molar-refractivity contribution >= 4 is 22.8 Å². The number of nitrogens with zero attached hydrogens (tertiary/aromatic N) is 2. The van der Waals surface area contributed by atoms with Crippen LogP contribution in [0.2, 0.25) is 0 Å². The van der Waals surface area contributed by atoms with Crippen molar-refractivity contribution in [3.05, 3.63) is 34.4 Å². The van der Waals surface area contributed by atoms with Gasteiger partial charge in [0.25, 0.3) is 0 Å². The van der Waals surface area contributed by atoms with Crippen molar-refractivity contribution in [2.24, 2.45) is 0 Å². The van der Waals surface area contributed by atoms with E-state index in [9.17, 15) is 0 Å². The van der Waals surface area contributed by atoms with Crippen LogP contribution in [0.1, 0.15) is 23.2 Å². The van der Waals surface area contributed by atoms with Crippen LogP contribution in [0.15, 0.2) is 24.5 Å². The number of thiazole rings is 1. The lowest BCUT2D eigenvalue weighted by atomic mass is 10.3. The van der Waals surface area contributed by atoms with E-state index in [1.807, 2.05) is 24.5 Å². The molecule has 4 nitrogen and oxygen atoms in total. The molecule has 0 fully saturated rings. The molecule has 18 heavy (non-hydrogen) atoms. The molecular weight excluding hydrogens is 244 g/mol. The molecule has 0 bridgehead atoms. The van der Waals surface area contributed by atoms with Crippen molar-refractivity contribution in [1.82, 2.24) is 9.97 Å². The van der Waals surface area contributed by atoms with E-state index in [1.165, 1.54) is 4.88 Å². The fraction of sp³-hybridized carbons (Fsp3) is 0.385. The summed E-state index contributed by atoms with van der Waals surface area (Å²) in [4.78, 5) is 9.84. The van der Waals surface area contributed by atoms with Gasteiger partial charge in [0.2, 0.25) is 0 Å². The van der Waals surface area contributed by atoms with Gasteiger partial charge in [0, 0.05) is 35.6 Å². The third-order valence-electron chi connectivity index (χ3n) is 2.43. The molecule has 2 aromatic rings. The number of hydrogen-bond donors (Lipinski definition) is 2. The monoisotopic (exact) mass is 262 g/mol. The summed E-state index contributed by atoms with van der Waals surface area (Å²) >= 11 is 1.72. The van der Waals surface area contributed by atoms with E-state index in [2.05, 4.69) is 34.4 Å². The number of aryl methyl sites for hydroxylation is 1. The molecule has 2 N–H and O–H groups in total. The molecule has 0 aliphatic carbocycles. The van der Waals surface area contributed by atoms with Gasteiger partial charge in [-0.3, -0.25) is 0 Å². The molecule has 0 aliphatic heterocycles. The van der Waals surface area contributed by atoms with E-state index in [0.29, 0.717) is 0 Å². The van der Waals surface area contributed by atoms with Gasteiger partial charge in [0.15, 0.2) is 0 Å². The number of hydrogen-bond acceptors (Lipinski definition) is 5. The van der Waals surface area contributed by atoms with E-state index in [-0.39, 0.29) is 0 Å². The maximum atomic E-state index is 4.33. The highest BCUT2D eigenvalue weighted by Gasteiger charge is 2.00. The van der Waals surface area contributed by atoms with Crippen LogP contribution in [0, 0.1) is 6.92 Å². The smallest absolute Gasteiger partial charge is 0.127 e. The zero-order chi connectivity index (χ0) is 12.8. The summed E-state index contributed by atoms with van der Waals surface area (Å²) in [6, 6.07) is 3.99. The molecule has 0 radical (unpaired) electrons. The third-order valence-corrected chi connectivity index (χ3v) is 3.34. The highest BCUT2D eigenvalue weighted by atomic mass is 32.1. The van der Waals surface area contributed by atoms with Crippen LogP contribution in [-0.2, 0) is 6.54 Å². The second kappa shape index (κ2) is 6.35. The molecule has 0 saturated heterocycles. The van der Waals surface area contributed by atoms with Gasteiger partial charge >= 0.3 is 0 Å². The summed E-state index contributed by atoms with van der Waals surface area (Å²) in [5.41, 5.74) is 1.07. The summed E-state index contributed by atoms with van der Waals surface area (Å²) in [5.74, 6) is 0.914. The van der Waals surface area contributed by atoms with Crippen LogP contribution in [0.3, 0.4) is 0 Å². The molecule has 0 amide bonds. The lowest BCUT2D eigenvalue weighted by Crippen LogP contribution is -2.03. The Hall–Kier alpha value is -1.62. The third kappa shape index (κ3) is 3.70. The Balaban J connectivity index is 1.92. The maximum absolute atomic E-state index is 4.33. The van der Waals surface area contributed by atoms with E-state index in [0.717, 1.165) is 36.0 Å². The van der Waals surface area contributed by atoms with E-state index >= 15 is 0 Å². The Labute approximate surface area is 111 Å². The second-order valence-corrected chi connectivity index (χ2v) is 5.39. The summed E-state index contributed by atoms with van der Waals surface area (Å²) in [6.07, 6.45) is 4.81. The zero-order valence-electron chi connectivity index (χ0n) is 10.7. The van der Waals surface area contributed by atoms with Crippen LogP contribution in [0.5, 0.6) is 0 Å². The van der Waals surface area contributed by atoms with Gasteiger partial charge in [-0.05, 0) is 19.4 Å². The Morgan fingerprint density at radius 2 is 2.17 bits per heavy atom. The summed E-state index contributed by atoms with van der Waals surface area (Å²) in [7, 11) is 0. The molecule has 5 heteroatoms. The minimum Gasteiger partial charge on any atom is -0.378 e. The molecule has 0 aliphatic rings. The van der Waals surface area contributed by atoms with Crippen LogP contribution in [0.25, 0.3) is 0 Å². The first-order valence-corrected chi connectivity index (χ1v) is 6.94. The number of aromatic nitrogens is 2. The first-order valence-electron chi connectivity index (χ1n) is 6.13. The molecule has 0 atom stereocenters. The average Bonchev–Trinajstić information content (AvgIpc) is 2.80. The number of anilines is 2. The van der Waals surface area contributed by atoms with Gasteiger partial charge in [0.05, 0.1) is 6.54 Å². The van der Waals surface area contributed by atoms with E-state index < -0.39 is 0 Å². The molecule has 0 aromatic carbocycles. The Bertz CT molecular complexity index is 495. The molecule has 2 rings (SSSR count). The molecule has 0 saturated carbocycles. The lowest BCUT2D eigenvalue weighted by Gasteiger charge is -2.07. The lowest BCUT2D eigenvalue weighted by molar-refractivity contribution is 0.969. The maximum Gasteiger partial charge on any atom is 0.127 e. The van der Waals surface area contributed by atoms with Crippen LogP contribution in [0.4, 0.5) is 11.5 Å². The Morgan fingerprint density at radius 3 is 2.89 bits per heavy atom. The normalized spacial score (nSPS) is 10.3. The first kappa shape index (κ1) is 12.8. The molecule has 96 valence electrons. The average molecular weight is 262 g/mol. The minimum absolute atomic E-state index is 0.760. The van der Waals surface area contributed by atoms with E-state index in [1.54, 1.807) is 11.3 Å².